The van der Waals surface area contributed by atoms with Gasteiger partial charge in [-0.25, -0.2) is 0 Å². The number of rotatable bonds is 9. The van der Waals surface area contributed by atoms with E-state index in [2.05, 4.69) is 20.8 Å². The van der Waals surface area contributed by atoms with Gasteiger partial charge in [0, 0.05) is 11.1 Å². The highest BCUT2D eigenvalue weighted by atomic mass is 16.4. The van der Waals surface area contributed by atoms with Crippen LogP contribution in [-0.4, -0.2) is 11.9 Å². The summed E-state index contributed by atoms with van der Waals surface area (Å²) >= 11 is 0. The molecule has 0 saturated heterocycles. The van der Waals surface area contributed by atoms with Crippen LogP contribution in [0.5, 0.6) is 0 Å². The fraction of sp³-hybridized carbons (Fsp3) is 0.556. The molecule has 0 aromatic heterocycles. The van der Waals surface area contributed by atoms with E-state index in [1.165, 1.54) is 6.07 Å². The highest BCUT2D eigenvalue weighted by Gasteiger charge is 2.15. The zero-order chi connectivity index (χ0) is 16.7. The number of benzene rings is 1. The van der Waals surface area contributed by atoms with Crippen molar-refractivity contribution in [2.24, 2.45) is 5.92 Å². The van der Waals surface area contributed by atoms with E-state index in [1.54, 1.807) is 6.07 Å². The molecular formula is C18H24O4-2. The maximum absolute atomic E-state index is 11.5. The molecule has 0 saturated carbocycles. The lowest BCUT2D eigenvalue weighted by atomic mass is 9.88. The predicted octanol–water partition coefficient (Wildman–Crippen LogP) is 1.73. The minimum atomic E-state index is -1.47. The Morgan fingerprint density at radius 2 is 1.73 bits per heavy atom. The van der Waals surface area contributed by atoms with Gasteiger partial charge in [0.05, 0.1) is 11.9 Å². The first-order chi connectivity index (χ1) is 10.4. The molecule has 0 radical (unpaired) electrons. The van der Waals surface area contributed by atoms with Crippen molar-refractivity contribution in [3.63, 3.8) is 0 Å². The molecule has 0 heterocycles. The Hall–Kier alpha value is -1.84. The molecule has 122 valence electrons. The Kier molecular flexibility index (Phi) is 7.09. The van der Waals surface area contributed by atoms with Gasteiger partial charge in [-0.05, 0) is 42.7 Å². The van der Waals surface area contributed by atoms with Gasteiger partial charge < -0.3 is 19.8 Å². The van der Waals surface area contributed by atoms with Crippen LogP contribution in [0.15, 0.2) is 12.1 Å². The van der Waals surface area contributed by atoms with Crippen LogP contribution in [0, 0.1) is 5.92 Å². The van der Waals surface area contributed by atoms with Gasteiger partial charge in [-0.15, -0.1) is 0 Å². The average Bonchev–Trinajstić information content (AvgIpc) is 2.44. The largest absolute Gasteiger partial charge is 0.545 e. The van der Waals surface area contributed by atoms with Crippen LogP contribution in [-0.2, 0) is 12.8 Å². The fourth-order valence-corrected chi connectivity index (χ4v) is 2.61. The second kappa shape index (κ2) is 8.57. The van der Waals surface area contributed by atoms with Crippen molar-refractivity contribution < 1.29 is 19.8 Å². The zero-order valence-corrected chi connectivity index (χ0v) is 13.6. The first kappa shape index (κ1) is 18.2. The summed E-state index contributed by atoms with van der Waals surface area (Å²) in [6.07, 6.45) is 5.21. The highest BCUT2D eigenvalue weighted by molar-refractivity contribution is 6.01. The van der Waals surface area contributed by atoms with E-state index < -0.39 is 11.9 Å². The topological polar surface area (TPSA) is 80.3 Å². The number of unbranched alkanes of at least 4 members (excludes halogenated alkanes) is 2. The van der Waals surface area contributed by atoms with Gasteiger partial charge >= 0.3 is 0 Å². The summed E-state index contributed by atoms with van der Waals surface area (Å²) in [4.78, 5) is 22.7. The van der Waals surface area contributed by atoms with Crippen molar-refractivity contribution in [1.82, 2.24) is 0 Å². The monoisotopic (exact) mass is 304 g/mol. The summed E-state index contributed by atoms with van der Waals surface area (Å²) in [5.74, 6) is -2.50. The lowest BCUT2D eigenvalue weighted by Crippen LogP contribution is -2.32. The molecule has 0 amide bonds. The molecule has 22 heavy (non-hydrogen) atoms. The molecule has 4 heteroatoms. The molecule has 1 aromatic rings. The summed E-state index contributed by atoms with van der Waals surface area (Å²) in [6, 6.07) is 3.06. The minimum absolute atomic E-state index is 0.199. The van der Waals surface area contributed by atoms with Crippen LogP contribution in [0.3, 0.4) is 0 Å². The highest BCUT2D eigenvalue weighted by Crippen LogP contribution is 2.24. The first-order valence-electron chi connectivity index (χ1n) is 7.95. The number of hydrogen-bond acceptors (Lipinski definition) is 4. The normalized spacial score (nSPS) is 10.9. The van der Waals surface area contributed by atoms with E-state index in [1.807, 2.05) is 0 Å². The van der Waals surface area contributed by atoms with E-state index in [9.17, 15) is 19.8 Å². The number of carboxylic acids is 2. The summed E-state index contributed by atoms with van der Waals surface area (Å²) < 4.78 is 0. The van der Waals surface area contributed by atoms with Crippen molar-refractivity contribution in [3.8, 4) is 0 Å². The standard InChI is InChI=1S/C18H26O4/c1-4-5-6-7-13-9-11-15(17(19)20)16(18(21)22)14(13)10-8-12(2)3/h9,11-12H,4-8,10H2,1-3H3,(H,19,20)(H,21,22)/p-2. The SMILES string of the molecule is CCCCCc1ccc(C(=O)[O-])c(C(=O)[O-])c1CCC(C)C. The summed E-state index contributed by atoms with van der Waals surface area (Å²) in [7, 11) is 0. The first-order valence-corrected chi connectivity index (χ1v) is 7.95. The molecule has 1 rings (SSSR count). The molecule has 0 N–H and O–H groups in total. The van der Waals surface area contributed by atoms with Gasteiger partial charge in [-0.1, -0.05) is 45.7 Å². The molecular weight excluding hydrogens is 280 g/mol. The van der Waals surface area contributed by atoms with Gasteiger partial charge in [-0.3, -0.25) is 0 Å². The predicted molar refractivity (Wildman–Crippen MR) is 81.5 cm³/mol. The van der Waals surface area contributed by atoms with Gasteiger partial charge in [-0.2, -0.15) is 0 Å². The third-order valence-corrected chi connectivity index (χ3v) is 3.86. The molecule has 0 aliphatic heterocycles. The van der Waals surface area contributed by atoms with E-state index in [0.717, 1.165) is 37.7 Å². The van der Waals surface area contributed by atoms with Gasteiger partial charge in [0.1, 0.15) is 0 Å². The number of carboxylic acid groups (broad SMARTS) is 2. The Labute approximate surface area is 132 Å². The number of carbonyl (C=O) groups excluding carboxylic acids is 2. The number of carbonyl (C=O) groups is 2. The second-order valence-electron chi connectivity index (χ2n) is 6.09. The third-order valence-electron chi connectivity index (χ3n) is 3.86. The maximum Gasteiger partial charge on any atom is 0.0724 e. The second-order valence-corrected chi connectivity index (χ2v) is 6.09. The van der Waals surface area contributed by atoms with E-state index in [4.69, 9.17) is 0 Å². The number of aryl methyl sites for hydroxylation is 1. The van der Waals surface area contributed by atoms with Gasteiger partial charge in [0.25, 0.3) is 0 Å². The van der Waals surface area contributed by atoms with Crippen molar-refractivity contribution >= 4 is 11.9 Å². The van der Waals surface area contributed by atoms with Crippen molar-refractivity contribution in [2.75, 3.05) is 0 Å². The average molecular weight is 304 g/mol. The summed E-state index contributed by atoms with van der Waals surface area (Å²) in [5.41, 5.74) is 1.04. The van der Waals surface area contributed by atoms with Crippen LogP contribution in [0.25, 0.3) is 0 Å². The van der Waals surface area contributed by atoms with Crippen LogP contribution >= 0.6 is 0 Å². The Morgan fingerprint density at radius 3 is 2.23 bits per heavy atom. The van der Waals surface area contributed by atoms with Gasteiger partial charge in [0.2, 0.25) is 0 Å². The fourth-order valence-electron chi connectivity index (χ4n) is 2.61. The smallest absolute Gasteiger partial charge is 0.0724 e. The lowest BCUT2D eigenvalue weighted by molar-refractivity contribution is -0.259. The molecule has 0 fully saturated rings. The van der Waals surface area contributed by atoms with Crippen LogP contribution in [0.4, 0.5) is 0 Å². The minimum Gasteiger partial charge on any atom is -0.545 e. The van der Waals surface area contributed by atoms with E-state index in [-0.39, 0.29) is 11.1 Å². The van der Waals surface area contributed by atoms with Crippen LogP contribution in [0.1, 0.15) is 78.3 Å². The quantitative estimate of drug-likeness (QED) is 0.651. The molecule has 0 spiro atoms. The van der Waals surface area contributed by atoms with Crippen molar-refractivity contribution in [1.29, 1.82) is 0 Å². The molecule has 0 atom stereocenters. The Bertz CT molecular complexity index is 532. The van der Waals surface area contributed by atoms with Gasteiger partial charge in [0.15, 0.2) is 0 Å². The van der Waals surface area contributed by atoms with Crippen LogP contribution < -0.4 is 10.2 Å². The molecule has 0 bridgehead atoms. The van der Waals surface area contributed by atoms with E-state index >= 15 is 0 Å². The molecule has 1 aromatic carbocycles. The van der Waals surface area contributed by atoms with Crippen molar-refractivity contribution in [3.05, 3.63) is 34.4 Å². The van der Waals surface area contributed by atoms with E-state index in [0.29, 0.717) is 17.9 Å². The van der Waals surface area contributed by atoms with Crippen molar-refractivity contribution in [2.45, 2.75) is 59.3 Å². The Morgan fingerprint density at radius 1 is 1.05 bits per heavy atom. The molecule has 0 aliphatic carbocycles. The summed E-state index contributed by atoms with van der Waals surface area (Å²) in [6.45, 7) is 6.21. The number of aromatic carboxylic acids is 2. The molecule has 0 unspecified atom stereocenters. The Balaban J connectivity index is 3.27. The summed E-state index contributed by atoms with van der Waals surface area (Å²) in [5, 5.41) is 22.7. The number of hydrogen-bond donors (Lipinski definition) is 0. The third kappa shape index (κ3) is 4.86. The molecule has 0 aliphatic rings. The lowest BCUT2D eigenvalue weighted by Gasteiger charge is -2.21. The molecule has 4 nitrogen and oxygen atoms in total. The maximum atomic E-state index is 11.5. The van der Waals surface area contributed by atoms with Crippen LogP contribution in [0.2, 0.25) is 0 Å². The zero-order valence-electron chi connectivity index (χ0n) is 13.6.